The first kappa shape index (κ1) is 31.7. The average Bonchev–Trinajstić information content (AvgIpc) is 3.94. The molecule has 266 valence electrons. The average molecular weight is 728 g/mol. The Kier molecular flexibility index (Phi) is 6.93. The molecule has 12 aromatic rings. The SMILES string of the molecule is c1ccc(-c2cccc(-c3cccc(-c4ccc5oc6cc7oc8ccc(-c9ccc%10c(c9)c9ccccc9n%10-c9ccccc9)cc8c7cc6c5c4)c3)c2)cc1. The fourth-order valence-corrected chi connectivity index (χ4v) is 8.80. The number of nitrogens with zero attached hydrogens (tertiary/aromatic N) is 1. The summed E-state index contributed by atoms with van der Waals surface area (Å²) in [5.74, 6) is 0. The lowest BCUT2D eigenvalue weighted by Gasteiger charge is -2.09. The fraction of sp³-hybridized carbons (Fsp3) is 0. The van der Waals surface area contributed by atoms with E-state index in [0.29, 0.717) is 0 Å². The summed E-state index contributed by atoms with van der Waals surface area (Å²) in [5.41, 5.74) is 16.4. The highest BCUT2D eigenvalue weighted by molar-refractivity contribution is 6.16. The molecular formula is C54H33NO2. The molecule has 3 nitrogen and oxygen atoms in total. The van der Waals surface area contributed by atoms with Crippen molar-refractivity contribution in [3.05, 3.63) is 200 Å². The van der Waals surface area contributed by atoms with Gasteiger partial charge in [-0.05, 0) is 117 Å². The highest BCUT2D eigenvalue weighted by Gasteiger charge is 2.17. The lowest BCUT2D eigenvalue weighted by atomic mass is 9.95. The van der Waals surface area contributed by atoms with E-state index < -0.39 is 0 Å². The normalized spacial score (nSPS) is 11.9. The minimum atomic E-state index is 0.820. The second-order valence-corrected chi connectivity index (χ2v) is 14.9. The Bertz CT molecular complexity index is 3510. The van der Waals surface area contributed by atoms with E-state index in [2.05, 4.69) is 205 Å². The molecule has 57 heavy (non-hydrogen) atoms. The van der Waals surface area contributed by atoms with Crippen LogP contribution in [0.4, 0.5) is 0 Å². The van der Waals surface area contributed by atoms with Crippen LogP contribution in [0.2, 0.25) is 0 Å². The Balaban J connectivity index is 0.948. The van der Waals surface area contributed by atoms with E-state index in [9.17, 15) is 0 Å². The zero-order valence-electron chi connectivity index (χ0n) is 30.8. The van der Waals surface area contributed by atoms with Gasteiger partial charge in [-0.25, -0.2) is 0 Å². The van der Waals surface area contributed by atoms with Crippen molar-refractivity contribution in [2.24, 2.45) is 0 Å². The van der Waals surface area contributed by atoms with Crippen LogP contribution >= 0.6 is 0 Å². The molecule has 0 aliphatic carbocycles. The fourth-order valence-electron chi connectivity index (χ4n) is 8.80. The van der Waals surface area contributed by atoms with Crippen molar-refractivity contribution in [3.8, 4) is 50.2 Å². The van der Waals surface area contributed by atoms with Gasteiger partial charge < -0.3 is 13.4 Å². The molecular weight excluding hydrogens is 695 g/mol. The minimum absolute atomic E-state index is 0.820. The highest BCUT2D eigenvalue weighted by atomic mass is 16.3. The number of furan rings is 2. The molecule has 0 fully saturated rings. The third kappa shape index (κ3) is 5.13. The first-order valence-corrected chi connectivity index (χ1v) is 19.4. The summed E-state index contributed by atoms with van der Waals surface area (Å²) in [4.78, 5) is 0. The van der Waals surface area contributed by atoms with Gasteiger partial charge in [-0.15, -0.1) is 0 Å². The van der Waals surface area contributed by atoms with Crippen LogP contribution in [0, 0.1) is 0 Å². The highest BCUT2D eigenvalue weighted by Crippen LogP contribution is 2.41. The second kappa shape index (κ2) is 12.5. The van der Waals surface area contributed by atoms with Crippen LogP contribution in [-0.2, 0) is 0 Å². The molecule has 0 bridgehead atoms. The maximum atomic E-state index is 6.45. The molecule has 0 saturated carbocycles. The Morgan fingerprint density at radius 1 is 0.246 bits per heavy atom. The van der Waals surface area contributed by atoms with Crippen LogP contribution in [-0.4, -0.2) is 4.57 Å². The Morgan fingerprint density at radius 2 is 0.684 bits per heavy atom. The van der Waals surface area contributed by atoms with Crippen LogP contribution in [0.3, 0.4) is 0 Å². The van der Waals surface area contributed by atoms with E-state index in [1.165, 1.54) is 49.6 Å². The molecule has 0 radical (unpaired) electrons. The largest absolute Gasteiger partial charge is 0.456 e. The van der Waals surface area contributed by atoms with Crippen molar-refractivity contribution in [2.75, 3.05) is 0 Å². The molecule has 9 aromatic carbocycles. The monoisotopic (exact) mass is 727 g/mol. The summed E-state index contributed by atoms with van der Waals surface area (Å²) < 4.78 is 15.2. The second-order valence-electron chi connectivity index (χ2n) is 14.9. The maximum Gasteiger partial charge on any atom is 0.139 e. The van der Waals surface area contributed by atoms with Gasteiger partial charge in [0.05, 0.1) is 11.0 Å². The van der Waals surface area contributed by atoms with Crippen LogP contribution in [0.1, 0.15) is 0 Å². The molecule has 0 atom stereocenters. The van der Waals surface area contributed by atoms with Gasteiger partial charge in [0.2, 0.25) is 0 Å². The summed E-state index contributed by atoms with van der Waals surface area (Å²) in [6, 6.07) is 71.6. The lowest BCUT2D eigenvalue weighted by Crippen LogP contribution is -1.92. The molecule has 3 heteroatoms. The topological polar surface area (TPSA) is 31.2 Å². The Labute approximate surface area is 328 Å². The van der Waals surface area contributed by atoms with Gasteiger partial charge in [-0.2, -0.15) is 0 Å². The molecule has 0 spiro atoms. The number of benzene rings is 9. The summed E-state index contributed by atoms with van der Waals surface area (Å²) in [6.07, 6.45) is 0. The smallest absolute Gasteiger partial charge is 0.139 e. The zero-order valence-corrected chi connectivity index (χ0v) is 30.8. The molecule has 0 aliphatic rings. The molecule has 0 saturated heterocycles. The van der Waals surface area contributed by atoms with Crippen molar-refractivity contribution in [1.82, 2.24) is 4.57 Å². The summed E-state index contributed by atoms with van der Waals surface area (Å²) in [5, 5.41) is 6.81. The van der Waals surface area contributed by atoms with Crippen molar-refractivity contribution < 1.29 is 8.83 Å². The van der Waals surface area contributed by atoms with Crippen LogP contribution in [0.15, 0.2) is 209 Å². The number of aromatic nitrogens is 1. The lowest BCUT2D eigenvalue weighted by molar-refractivity contribution is 0.656. The van der Waals surface area contributed by atoms with Gasteiger partial charge in [0.25, 0.3) is 0 Å². The first-order chi connectivity index (χ1) is 28.2. The standard InChI is InChI=1S/C54H33NO2/c1-3-11-34(12-4-1)35-13-9-14-36(27-35)37-15-10-16-38(28-37)40-22-25-51-45(30-40)47-32-48-46-31-41(23-26-52(46)57-54(48)33-53(47)56-51)39-21-24-50-44(29-39)43-19-7-8-20-49(43)55(50)42-17-5-2-6-18-42/h1-33H. The van der Waals surface area contributed by atoms with Gasteiger partial charge in [0, 0.05) is 44.1 Å². The Hall–Kier alpha value is -7.62. The van der Waals surface area contributed by atoms with Crippen molar-refractivity contribution in [1.29, 1.82) is 0 Å². The van der Waals surface area contributed by atoms with E-state index in [-0.39, 0.29) is 0 Å². The molecule has 3 heterocycles. The third-order valence-corrected chi connectivity index (χ3v) is 11.6. The summed E-state index contributed by atoms with van der Waals surface area (Å²) in [7, 11) is 0. The van der Waals surface area contributed by atoms with Crippen molar-refractivity contribution in [2.45, 2.75) is 0 Å². The molecule has 0 aliphatic heterocycles. The van der Waals surface area contributed by atoms with Crippen LogP contribution < -0.4 is 0 Å². The van der Waals surface area contributed by atoms with E-state index in [0.717, 1.165) is 66.3 Å². The number of fused-ring (bicyclic) bond motifs is 9. The quantitative estimate of drug-likeness (QED) is 0.177. The molecule has 12 rings (SSSR count). The number of hydrogen-bond donors (Lipinski definition) is 0. The summed E-state index contributed by atoms with van der Waals surface area (Å²) in [6.45, 7) is 0. The van der Waals surface area contributed by atoms with Gasteiger partial charge in [-0.3, -0.25) is 0 Å². The van der Waals surface area contributed by atoms with E-state index >= 15 is 0 Å². The van der Waals surface area contributed by atoms with Gasteiger partial charge in [-0.1, -0.05) is 121 Å². The van der Waals surface area contributed by atoms with Crippen molar-refractivity contribution in [3.63, 3.8) is 0 Å². The minimum Gasteiger partial charge on any atom is -0.456 e. The number of hydrogen-bond acceptors (Lipinski definition) is 2. The number of rotatable bonds is 5. The molecule has 0 amide bonds. The van der Waals surface area contributed by atoms with Crippen LogP contribution in [0.25, 0.3) is 116 Å². The van der Waals surface area contributed by atoms with Gasteiger partial charge in [0.1, 0.15) is 22.3 Å². The maximum absolute atomic E-state index is 6.45. The van der Waals surface area contributed by atoms with Gasteiger partial charge >= 0.3 is 0 Å². The summed E-state index contributed by atoms with van der Waals surface area (Å²) >= 11 is 0. The zero-order chi connectivity index (χ0) is 37.5. The van der Waals surface area contributed by atoms with E-state index in [1.54, 1.807) is 0 Å². The number of para-hydroxylation sites is 2. The first-order valence-electron chi connectivity index (χ1n) is 19.4. The third-order valence-electron chi connectivity index (χ3n) is 11.6. The predicted molar refractivity (Wildman–Crippen MR) is 237 cm³/mol. The van der Waals surface area contributed by atoms with Gasteiger partial charge in [0.15, 0.2) is 0 Å². The van der Waals surface area contributed by atoms with E-state index in [1.807, 2.05) is 0 Å². The molecule has 3 aromatic heterocycles. The van der Waals surface area contributed by atoms with Crippen LogP contribution in [0.5, 0.6) is 0 Å². The van der Waals surface area contributed by atoms with Crippen molar-refractivity contribution >= 4 is 65.7 Å². The Morgan fingerprint density at radius 3 is 1.30 bits per heavy atom. The predicted octanol–water partition coefficient (Wildman–Crippen LogP) is 15.3. The molecule has 0 unspecified atom stereocenters. The molecule has 0 N–H and O–H groups in total. The van der Waals surface area contributed by atoms with E-state index in [4.69, 9.17) is 8.83 Å².